The number of nitrogens with one attached hydrogen (secondary N) is 1. The van der Waals surface area contributed by atoms with Gasteiger partial charge in [-0.15, -0.1) is 0 Å². The number of benzene rings is 2. The molecule has 4 rings (SSSR count). The second-order valence-electron chi connectivity index (χ2n) is 5.08. The summed E-state index contributed by atoms with van der Waals surface area (Å²) in [6, 6.07) is 17.0. The fraction of sp³-hybridized carbons (Fsp3) is 0.0588. The number of fused-ring (bicyclic) bond motifs is 3. The maximum Gasteiger partial charge on any atom is 0.276 e. The number of aromatic nitrogens is 3. The number of hydrogen-bond donors (Lipinski definition) is 2. The van der Waals surface area contributed by atoms with Crippen LogP contribution in [-0.2, 0) is 6.61 Å². The van der Waals surface area contributed by atoms with Gasteiger partial charge in [-0.2, -0.15) is 5.10 Å². The fourth-order valence-electron chi connectivity index (χ4n) is 2.82. The highest BCUT2D eigenvalue weighted by Crippen LogP contribution is 2.26. The zero-order chi connectivity index (χ0) is 15.1. The minimum atomic E-state index is -0.252. The standard InChI is InChI=1S/C17H13N3O2/c21-10-14-15-12-8-4-5-9-13(12)18-17(22)16(15)19-20(14)11-6-2-1-3-7-11/h1-9,21H,10H2,(H,18,22). The Hall–Kier alpha value is -2.92. The largest absolute Gasteiger partial charge is 0.390 e. The van der Waals surface area contributed by atoms with E-state index in [2.05, 4.69) is 10.1 Å². The first-order valence-corrected chi connectivity index (χ1v) is 6.98. The zero-order valence-corrected chi connectivity index (χ0v) is 11.7. The summed E-state index contributed by atoms with van der Waals surface area (Å²) in [5.74, 6) is 0. The number of nitrogens with zero attached hydrogens (tertiary/aromatic N) is 2. The monoisotopic (exact) mass is 291 g/mol. The summed E-state index contributed by atoms with van der Waals surface area (Å²) >= 11 is 0. The molecule has 0 atom stereocenters. The van der Waals surface area contributed by atoms with E-state index < -0.39 is 0 Å². The Kier molecular flexibility index (Phi) is 2.80. The van der Waals surface area contributed by atoms with Crippen molar-refractivity contribution in [2.24, 2.45) is 0 Å². The molecule has 108 valence electrons. The Morgan fingerprint density at radius 2 is 1.77 bits per heavy atom. The summed E-state index contributed by atoms with van der Waals surface area (Å²) in [4.78, 5) is 15.1. The Labute approximate surface area is 125 Å². The van der Waals surface area contributed by atoms with Crippen molar-refractivity contribution in [2.45, 2.75) is 6.61 Å². The van der Waals surface area contributed by atoms with Gasteiger partial charge in [-0.05, 0) is 18.2 Å². The molecule has 0 radical (unpaired) electrons. The average Bonchev–Trinajstić information content (AvgIpc) is 2.96. The number of aliphatic hydroxyl groups is 1. The fourth-order valence-corrected chi connectivity index (χ4v) is 2.82. The average molecular weight is 291 g/mol. The molecular weight excluding hydrogens is 278 g/mol. The first-order chi connectivity index (χ1) is 10.8. The van der Waals surface area contributed by atoms with E-state index in [0.29, 0.717) is 16.6 Å². The smallest absolute Gasteiger partial charge is 0.276 e. The summed E-state index contributed by atoms with van der Waals surface area (Å²) in [5.41, 5.74) is 2.25. The number of para-hydroxylation sites is 2. The van der Waals surface area contributed by atoms with Crippen LogP contribution >= 0.6 is 0 Å². The van der Waals surface area contributed by atoms with Gasteiger partial charge >= 0.3 is 0 Å². The van der Waals surface area contributed by atoms with E-state index in [1.54, 1.807) is 4.68 Å². The minimum absolute atomic E-state index is 0.196. The van der Waals surface area contributed by atoms with Crippen molar-refractivity contribution in [1.82, 2.24) is 14.8 Å². The van der Waals surface area contributed by atoms with Gasteiger partial charge in [0.25, 0.3) is 5.56 Å². The lowest BCUT2D eigenvalue weighted by atomic mass is 10.1. The Balaban J connectivity index is 2.20. The first-order valence-electron chi connectivity index (χ1n) is 6.98. The Morgan fingerprint density at radius 1 is 1.05 bits per heavy atom. The lowest BCUT2D eigenvalue weighted by Gasteiger charge is -2.05. The molecule has 22 heavy (non-hydrogen) atoms. The topological polar surface area (TPSA) is 70.9 Å². The molecule has 0 aliphatic rings. The molecule has 0 amide bonds. The predicted octanol–water partition coefficient (Wildman–Crippen LogP) is 2.36. The van der Waals surface area contributed by atoms with Crippen LogP contribution in [0.2, 0.25) is 0 Å². The van der Waals surface area contributed by atoms with E-state index in [9.17, 15) is 9.90 Å². The van der Waals surface area contributed by atoms with Crippen molar-refractivity contribution in [1.29, 1.82) is 0 Å². The van der Waals surface area contributed by atoms with E-state index in [1.807, 2.05) is 54.6 Å². The molecule has 2 aromatic carbocycles. The lowest BCUT2D eigenvalue weighted by molar-refractivity contribution is 0.274. The minimum Gasteiger partial charge on any atom is -0.390 e. The van der Waals surface area contributed by atoms with Gasteiger partial charge < -0.3 is 10.1 Å². The number of aliphatic hydroxyl groups excluding tert-OH is 1. The van der Waals surface area contributed by atoms with Gasteiger partial charge in [0.15, 0.2) is 5.52 Å². The molecule has 4 aromatic rings. The van der Waals surface area contributed by atoms with Gasteiger partial charge in [-0.1, -0.05) is 36.4 Å². The molecule has 0 bridgehead atoms. The SMILES string of the molecule is O=c1[nH]c2ccccc2c2c(CO)n(-c3ccccc3)nc12. The Morgan fingerprint density at radius 3 is 2.55 bits per heavy atom. The van der Waals surface area contributed by atoms with Gasteiger partial charge in [0.2, 0.25) is 0 Å². The van der Waals surface area contributed by atoms with E-state index in [1.165, 1.54) is 0 Å². The molecule has 0 aliphatic carbocycles. The number of H-pyrrole nitrogens is 1. The molecule has 2 heterocycles. The van der Waals surface area contributed by atoms with E-state index in [4.69, 9.17) is 0 Å². The van der Waals surface area contributed by atoms with Crippen molar-refractivity contribution in [2.75, 3.05) is 0 Å². The predicted molar refractivity (Wildman–Crippen MR) is 85.1 cm³/mol. The summed E-state index contributed by atoms with van der Waals surface area (Å²) in [6.45, 7) is -0.196. The molecular formula is C17H13N3O2. The summed E-state index contributed by atoms with van der Waals surface area (Å²) in [6.07, 6.45) is 0. The lowest BCUT2D eigenvalue weighted by Crippen LogP contribution is -2.06. The highest BCUT2D eigenvalue weighted by atomic mass is 16.3. The van der Waals surface area contributed by atoms with Crippen molar-refractivity contribution in [3.8, 4) is 5.69 Å². The van der Waals surface area contributed by atoms with Crippen LogP contribution in [0.3, 0.4) is 0 Å². The third-order valence-corrected chi connectivity index (χ3v) is 3.79. The number of pyridine rings is 1. The quantitative estimate of drug-likeness (QED) is 0.595. The number of hydrogen-bond acceptors (Lipinski definition) is 3. The van der Waals surface area contributed by atoms with Crippen LogP contribution < -0.4 is 5.56 Å². The molecule has 0 fully saturated rings. The molecule has 5 nitrogen and oxygen atoms in total. The molecule has 5 heteroatoms. The molecule has 0 unspecified atom stereocenters. The van der Waals surface area contributed by atoms with Crippen molar-refractivity contribution in [3.05, 3.63) is 70.6 Å². The van der Waals surface area contributed by atoms with Gasteiger partial charge in [-0.3, -0.25) is 4.79 Å². The van der Waals surface area contributed by atoms with Gasteiger partial charge in [0.05, 0.1) is 18.0 Å². The van der Waals surface area contributed by atoms with E-state index >= 15 is 0 Å². The molecule has 0 spiro atoms. The van der Waals surface area contributed by atoms with Crippen LogP contribution in [0.25, 0.3) is 27.5 Å². The molecule has 2 N–H and O–H groups in total. The zero-order valence-electron chi connectivity index (χ0n) is 11.7. The van der Waals surface area contributed by atoms with Gasteiger partial charge in [0, 0.05) is 16.3 Å². The van der Waals surface area contributed by atoms with Crippen LogP contribution in [0.1, 0.15) is 5.69 Å². The molecule has 0 saturated heterocycles. The second kappa shape index (κ2) is 4.82. The molecule has 0 saturated carbocycles. The summed E-state index contributed by atoms with van der Waals surface area (Å²) in [5, 5.41) is 15.8. The summed E-state index contributed by atoms with van der Waals surface area (Å²) in [7, 11) is 0. The highest BCUT2D eigenvalue weighted by Gasteiger charge is 2.17. The van der Waals surface area contributed by atoms with E-state index in [0.717, 1.165) is 16.6 Å². The van der Waals surface area contributed by atoms with Crippen molar-refractivity contribution < 1.29 is 5.11 Å². The number of aromatic amines is 1. The van der Waals surface area contributed by atoms with Crippen LogP contribution in [0, 0.1) is 0 Å². The molecule has 0 aliphatic heterocycles. The van der Waals surface area contributed by atoms with Gasteiger partial charge in [0.1, 0.15) is 0 Å². The Bertz CT molecular complexity index is 1030. The van der Waals surface area contributed by atoms with Crippen LogP contribution in [0.4, 0.5) is 0 Å². The second-order valence-corrected chi connectivity index (χ2v) is 5.08. The maximum atomic E-state index is 12.3. The van der Waals surface area contributed by atoms with Gasteiger partial charge in [-0.25, -0.2) is 4.68 Å². The first kappa shape index (κ1) is 12.8. The molecule has 2 aromatic heterocycles. The van der Waals surface area contributed by atoms with Crippen molar-refractivity contribution >= 4 is 21.8 Å². The van der Waals surface area contributed by atoms with E-state index in [-0.39, 0.29) is 12.2 Å². The summed E-state index contributed by atoms with van der Waals surface area (Å²) < 4.78 is 1.63. The highest BCUT2D eigenvalue weighted by molar-refractivity contribution is 6.05. The third kappa shape index (κ3) is 1.76. The van der Waals surface area contributed by atoms with Crippen LogP contribution in [0.5, 0.6) is 0 Å². The maximum absolute atomic E-state index is 12.3. The van der Waals surface area contributed by atoms with Crippen LogP contribution in [0.15, 0.2) is 59.4 Å². The third-order valence-electron chi connectivity index (χ3n) is 3.79. The normalized spacial score (nSPS) is 11.3. The van der Waals surface area contributed by atoms with Crippen molar-refractivity contribution in [3.63, 3.8) is 0 Å². The number of rotatable bonds is 2. The van der Waals surface area contributed by atoms with Crippen LogP contribution in [-0.4, -0.2) is 19.9 Å².